The van der Waals surface area contributed by atoms with E-state index in [2.05, 4.69) is 10.6 Å². The van der Waals surface area contributed by atoms with Crippen LogP contribution in [0.5, 0.6) is 0 Å². The first-order valence-corrected chi connectivity index (χ1v) is 11.0. The van der Waals surface area contributed by atoms with Crippen molar-refractivity contribution >= 4 is 23.6 Å². The molecule has 148 valence electrons. The smallest absolute Gasteiger partial charge is 0.243 e. The van der Waals surface area contributed by atoms with E-state index in [0.29, 0.717) is 0 Å². The summed E-state index contributed by atoms with van der Waals surface area (Å²) in [6, 6.07) is 3.97. The van der Waals surface area contributed by atoms with Crippen LogP contribution in [0.1, 0.15) is 64.0 Å². The Hall–Kier alpha value is -1.56. The van der Waals surface area contributed by atoms with Crippen LogP contribution in [0.25, 0.3) is 0 Å². The molecule has 0 bridgehead atoms. The molecule has 0 spiro atoms. The van der Waals surface area contributed by atoms with E-state index in [1.165, 1.54) is 18.6 Å². The second-order valence-electron chi connectivity index (χ2n) is 7.95. The highest BCUT2D eigenvalue weighted by molar-refractivity contribution is 7.99. The number of hydrogen-bond acceptors (Lipinski definition) is 3. The molecule has 1 aromatic rings. The van der Waals surface area contributed by atoms with Gasteiger partial charge in [-0.2, -0.15) is 0 Å². The number of benzene rings is 1. The fourth-order valence-electron chi connectivity index (χ4n) is 3.95. The number of thioether (sulfide) groups is 1. The van der Waals surface area contributed by atoms with Gasteiger partial charge in [-0.3, -0.25) is 9.59 Å². The predicted octanol–water partition coefficient (Wildman–Crippen LogP) is 4.20. The zero-order chi connectivity index (χ0) is 19.4. The van der Waals surface area contributed by atoms with Gasteiger partial charge in [0, 0.05) is 16.6 Å². The van der Waals surface area contributed by atoms with Crippen LogP contribution in [-0.4, -0.2) is 23.6 Å². The molecule has 0 saturated heterocycles. The Morgan fingerprint density at radius 3 is 2.59 bits per heavy atom. The van der Waals surface area contributed by atoms with Gasteiger partial charge >= 0.3 is 0 Å². The summed E-state index contributed by atoms with van der Waals surface area (Å²) in [4.78, 5) is 26.6. The fourth-order valence-corrected chi connectivity index (χ4v) is 5.05. The van der Waals surface area contributed by atoms with Crippen LogP contribution < -0.4 is 10.6 Å². The zero-order valence-electron chi connectivity index (χ0n) is 16.1. The molecule has 27 heavy (non-hydrogen) atoms. The Kier molecular flexibility index (Phi) is 6.79. The minimum absolute atomic E-state index is 0.00538. The summed E-state index contributed by atoms with van der Waals surface area (Å²) in [5, 5.41) is 6.04. The maximum atomic E-state index is 13.7. The standard InChI is InChI=1S/C21H29FN2O2S/c1-13(2)19(24-20(25)14-6-4-3-5-7-14)21(26)23-17-10-11-27-18-9-8-15(22)12-16(17)18/h8-9,12-14,17,19H,3-7,10-11H2,1-2H3,(H,23,26)(H,24,25). The Morgan fingerprint density at radius 2 is 1.89 bits per heavy atom. The molecule has 2 aliphatic rings. The minimum Gasteiger partial charge on any atom is -0.347 e. The number of rotatable bonds is 5. The molecule has 1 aromatic carbocycles. The fraction of sp³-hybridized carbons (Fsp3) is 0.619. The van der Waals surface area contributed by atoms with Gasteiger partial charge in [-0.1, -0.05) is 33.1 Å². The van der Waals surface area contributed by atoms with E-state index in [-0.39, 0.29) is 35.5 Å². The van der Waals surface area contributed by atoms with Crippen molar-refractivity contribution < 1.29 is 14.0 Å². The SMILES string of the molecule is CC(C)C(NC(=O)C1CCCCC1)C(=O)NC1CCSc2ccc(F)cc21. The second-order valence-corrected chi connectivity index (χ2v) is 9.08. The van der Waals surface area contributed by atoms with Crippen molar-refractivity contribution in [3.05, 3.63) is 29.6 Å². The van der Waals surface area contributed by atoms with Crippen LogP contribution in [0.4, 0.5) is 4.39 Å². The highest BCUT2D eigenvalue weighted by Crippen LogP contribution is 2.36. The summed E-state index contributed by atoms with van der Waals surface area (Å²) in [6.07, 6.45) is 5.93. The van der Waals surface area contributed by atoms with Crippen LogP contribution >= 0.6 is 11.8 Å². The van der Waals surface area contributed by atoms with Crippen molar-refractivity contribution in [2.45, 2.75) is 69.4 Å². The largest absolute Gasteiger partial charge is 0.347 e. The molecule has 1 aliphatic heterocycles. The molecule has 2 amide bonds. The molecule has 2 unspecified atom stereocenters. The van der Waals surface area contributed by atoms with Gasteiger partial charge in [0.15, 0.2) is 0 Å². The van der Waals surface area contributed by atoms with Crippen molar-refractivity contribution in [3.63, 3.8) is 0 Å². The first-order chi connectivity index (χ1) is 13.0. The summed E-state index contributed by atoms with van der Waals surface area (Å²) in [7, 11) is 0. The number of fused-ring (bicyclic) bond motifs is 1. The zero-order valence-corrected chi connectivity index (χ0v) is 16.9. The van der Waals surface area contributed by atoms with Crippen LogP contribution in [0.15, 0.2) is 23.1 Å². The second kappa shape index (κ2) is 9.09. The topological polar surface area (TPSA) is 58.2 Å². The van der Waals surface area contributed by atoms with Crippen molar-refractivity contribution in [1.29, 1.82) is 0 Å². The maximum absolute atomic E-state index is 13.7. The monoisotopic (exact) mass is 392 g/mol. The van der Waals surface area contributed by atoms with Gasteiger partial charge in [-0.05, 0) is 48.9 Å². The Bertz CT molecular complexity index is 689. The van der Waals surface area contributed by atoms with Gasteiger partial charge in [0.2, 0.25) is 11.8 Å². The first-order valence-electron chi connectivity index (χ1n) is 9.98. The van der Waals surface area contributed by atoms with E-state index in [4.69, 9.17) is 0 Å². The average molecular weight is 393 g/mol. The van der Waals surface area contributed by atoms with Crippen molar-refractivity contribution in [2.75, 3.05) is 5.75 Å². The lowest BCUT2D eigenvalue weighted by atomic mass is 9.88. The average Bonchev–Trinajstić information content (AvgIpc) is 2.66. The van der Waals surface area contributed by atoms with E-state index >= 15 is 0 Å². The predicted molar refractivity (Wildman–Crippen MR) is 106 cm³/mol. The van der Waals surface area contributed by atoms with Gasteiger partial charge < -0.3 is 10.6 Å². The number of carbonyl (C=O) groups excluding carboxylic acids is 2. The molecule has 2 N–H and O–H groups in total. The van der Waals surface area contributed by atoms with E-state index in [1.807, 2.05) is 13.8 Å². The molecule has 1 fully saturated rings. The highest BCUT2D eigenvalue weighted by atomic mass is 32.2. The van der Waals surface area contributed by atoms with E-state index in [9.17, 15) is 14.0 Å². The Balaban J connectivity index is 1.67. The molecule has 0 aromatic heterocycles. The number of halogens is 1. The summed E-state index contributed by atoms with van der Waals surface area (Å²) >= 11 is 1.68. The Morgan fingerprint density at radius 1 is 1.15 bits per heavy atom. The molecule has 3 rings (SSSR count). The van der Waals surface area contributed by atoms with E-state index in [0.717, 1.165) is 48.3 Å². The third-order valence-electron chi connectivity index (χ3n) is 5.55. The van der Waals surface area contributed by atoms with Crippen molar-refractivity contribution in [2.24, 2.45) is 11.8 Å². The van der Waals surface area contributed by atoms with Gasteiger partial charge in [-0.15, -0.1) is 11.8 Å². The molecule has 1 heterocycles. The van der Waals surface area contributed by atoms with Crippen molar-refractivity contribution in [3.8, 4) is 0 Å². The van der Waals surface area contributed by atoms with Gasteiger partial charge in [-0.25, -0.2) is 4.39 Å². The van der Waals surface area contributed by atoms with Crippen LogP contribution in [0, 0.1) is 17.7 Å². The van der Waals surface area contributed by atoms with E-state index < -0.39 is 6.04 Å². The third kappa shape index (κ3) is 5.03. The molecule has 1 aliphatic carbocycles. The highest BCUT2D eigenvalue weighted by Gasteiger charge is 2.31. The van der Waals surface area contributed by atoms with Gasteiger partial charge in [0.25, 0.3) is 0 Å². The maximum Gasteiger partial charge on any atom is 0.243 e. The molecular formula is C21H29FN2O2S. The summed E-state index contributed by atoms with van der Waals surface area (Å²) < 4.78 is 13.7. The van der Waals surface area contributed by atoms with Gasteiger partial charge in [0.1, 0.15) is 11.9 Å². The van der Waals surface area contributed by atoms with Gasteiger partial charge in [0.05, 0.1) is 6.04 Å². The molecule has 6 heteroatoms. The molecule has 2 atom stereocenters. The summed E-state index contributed by atoms with van der Waals surface area (Å²) in [5.41, 5.74) is 0.834. The lowest BCUT2D eigenvalue weighted by molar-refractivity contribution is -0.133. The minimum atomic E-state index is -0.564. The van der Waals surface area contributed by atoms with Crippen LogP contribution in [0.2, 0.25) is 0 Å². The molecular weight excluding hydrogens is 363 g/mol. The summed E-state index contributed by atoms with van der Waals surface area (Å²) in [5.74, 6) is 0.415. The van der Waals surface area contributed by atoms with E-state index in [1.54, 1.807) is 17.8 Å². The molecule has 4 nitrogen and oxygen atoms in total. The van der Waals surface area contributed by atoms with Crippen molar-refractivity contribution in [1.82, 2.24) is 10.6 Å². The van der Waals surface area contributed by atoms with Crippen LogP contribution in [0.3, 0.4) is 0 Å². The number of nitrogens with one attached hydrogen (secondary N) is 2. The lowest BCUT2D eigenvalue weighted by Crippen LogP contribution is -2.52. The number of hydrogen-bond donors (Lipinski definition) is 2. The first kappa shape index (κ1) is 20.2. The van der Waals surface area contributed by atoms with Crippen LogP contribution in [-0.2, 0) is 9.59 Å². The molecule has 1 saturated carbocycles. The summed E-state index contributed by atoms with van der Waals surface area (Å²) in [6.45, 7) is 3.88. The number of carbonyl (C=O) groups is 2. The lowest BCUT2D eigenvalue weighted by Gasteiger charge is -2.30. The quantitative estimate of drug-likeness (QED) is 0.790. The normalized spacial score (nSPS) is 21.4. The number of amides is 2. The molecule has 0 radical (unpaired) electrons. The third-order valence-corrected chi connectivity index (χ3v) is 6.67. The Labute approximate surface area is 165 Å².